The maximum atomic E-state index is 9.01. The monoisotopic (exact) mass is 437 g/mol. The molecule has 7 heteroatoms. The molecule has 7 nitrogen and oxygen atoms in total. The van der Waals surface area contributed by atoms with Crippen molar-refractivity contribution >= 4 is 0 Å². The molecule has 1 aromatic rings. The zero-order chi connectivity index (χ0) is 22.4. The highest BCUT2D eigenvalue weighted by atomic mass is 16.6. The van der Waals surface area contributed by atoms with Crippen LogP contribution in [0.1, 0.15) is 45.1 Å². The Morgan fingerprint density at radius 3 is 1.45 bits per heavy atom. The Morgan fingerprint density at radius 2 is 1.03 bits per heavy atom. The lowest BCUT2D eigenvalue weighted by atomic mass is 10.1. The Bertz CT molecular complexity index is 550. The van der Waals surface area contributed by atoms with Crippen LogP contribution in [0, 0.1) is 11.3 Å². The number of nitriles is 1. The number of hydrogen-bond donors (Lipinski definition) is 0. The maximum Gasteiger partial charge on any atom is 0.123 e. The molecule has 0 fully saturated rings. The average Bonchev–Trinajstić information content (AvgIpc) is 2.77. The third-order valence-electron chi connectivity index (χ3n) is 4.24. The van der Waals surface area contributed by atoms with Gasteiger partial charge in [-0.15, -0.1) is 0 Å². The molecule has 1 rings (SSSR count). The van der Waals surface area contributed by atoms with Gasteiger partial charge in [0.05, 0.1) is 52.1 Å². The van der Waals surface area contributed by atoms with Crippen LogP contribution in [-0.2, 0) is 25.4 Å². The highest BCUT2D eigenvalue weighted by Crippen LogP contribution is 2.23. The fraction of sp³-hybridized carbons (Fsp3) is 0.708. The quantitative estimate of drug-likeness (QED) is 0.267. The summed E-state index contributed by atoms with van der Waals surface area (Å²) in [6.45, 7) is 9.94. The summed E-state index contributed by atoms with van der Waals surface area (Å²) in [6.07, 6.45) is 4.71. The summed E-state index contributed by atoms with van der Waals surface area (Å²) in [5.41, 5.74) is 0.852. The molecule has 0 aliphatic rings. The van der Waals surface area contributed by atoms with E-state index in [9.17, 15) is 0 Å². The van der Waals surface area contributed by atoms with Crippen LogP contribution in [0.2, 0.25) is 0 Å². The van der Waals surface area contributed by atoms with Gasteiger partial charge in [-0.3, -0.25) is 0 Å². The highest BCUT2D eigenvalue weighted by Gasteiger charge is 2.04. The zero-order valence-electron chi connectivity index (χ0n) is 19.2. The summed E-state index contributed by atoms with van der Waals surface area (Å²) in [5, 5.41) is 9.01. The highest BCUT2D eigenvalue weighted by molar-refractivity contribution is 5.39. The molecule has 0 bridgehead atoms. The lowest BCUT2D eigenvalue weighted by Crippen LogP contribution is -2.12. The van der Waals surface area contributed by atoms with Crippen LogP contribution in [0.5, 0.6) is 11.5 Å². The minimum atomic E-state index is 0.296. The molecule has 0 spiro atoms. The summed E-state index contributed by atoms with van der Waals surface area (Å²) in [7, 11) is 0. The molecule has 0 saturated heterocycles. The Morgan fingerprint density at radius 1 is 0.613 bits per heavy atom. The van der Waals surface area contributed by atoms with E-state index in [1.54, 1.807) is 0 Å². The van der Waals surface area contributed by atoms with Crippen LogP contribution in [0.25, 0.3) is 0 Å². The van der Waals surface area contributed by atoms with Gasteiger partial charge in [0.25, 0.3) is 0 Å². The topological polar surface area (TPSA) is 79.2 Å². The van der Waals surface area contributed by atoms with Crippen LogP contribution in [0.15, 0.2) is 18.2 Å². The first-order chi connectivity index (χ1) is 15.3. The third kappa shape index (κ3) is 15.6. The SMILES string of the molecule is CCCCOCCOCCOc1cc(CC#N)cc(OCCOCCOCCCC)c1. The van der Waals surface area contributed by atoms with Crippen molar-refractivity contribution in [2.45, 2.75) is 46.0 Å². The summed E-state index contributed by atoms with van der Waals surface area (Å²) in [4.78, 5) is 0. The van der Waals surface area contributed by atoms with Crippen molar-refractivity contribution in [2.24, 2.45) is 0 Å². The molecule has 0 aromatic heterocycles. The lowest BCUT2D eigenvalue weighted by Gasteiger charge is -2.12. The van der Waals surface area contributed by atoms with Gasteiger partial charge in [0, 0.05) is 19.3 Å². The van der Waals surface area contributed by atoms with E-state index in [0.29, 0.717) is 70.8 Å². The van der Waals surface area contributed by atoms with Gasteiger partial charge in [-0.25, -0.2) is 0 Å². The minimum absolute atomic E-state index is 0.296. The van der Waals surface area contributed by atoms with Gasteiger partial charge >= 0.3 is 0 Å². The molecule has 0 amide bonds. The van der Waals surface area contributed by atoms with E-state index in [4.69, 9.17) is 33.7 Å². The standard InChI is InChI=1S/C24H39NO6/c1-3-5-9-26-11-13-28-15-17-30-23-19-22(7-8-25)20-24(21-23)31-18-16-29-14-12-27-10-6-4-2/h19-21H,3-7,9-18H2,1-2H3. The molecule has 0 N–H and O–H groups in total. The number of benzene rings is 1. The predicted octanol–water partition coefficient (Wildman–Crippen LogP) is 4.18. The molecular weight excluding hydrogens is 398 g/mol. The molecule has 0 saturated carbocycles. The van der Waals surface area contributed by atoms with E-state index >= 15 is 0 Å². The second-order valence-electron chi connectivity index (χ2n) is 7.00. The Labute approximate surface area is 187 Å². The number of nitrogens with zero attached hydrogens (tertiary/aromatic N) is 1. The molecule has 0 aliphatic heterocycles. The first-order valence-corrected chi connectivity index (χ1v) is 11.4. The minimum Gasteiger partial charge on any atom is -0.491 e. The normalized spacial score (nSPS) is 10.7. The van der Waals surface area contributed by atoms with Crippen molar-refractivity contribution in [3.63, 3.8) is 0 Å². The Kier molecular flexibility index (Phi) is 17.6. The number of unbranched alkanes of at least 4 members (excludes halogenated alkanes) is 2. The van der Waals surface area contributed by atoms with Gasteiger partial charge in [0.1, 0.15) is 24.7 Å². The van der Waals surface area contributed by atoms with Crippen molar-refractivity contribution < 1.29 is 28.4 Å². The van der Waals surface area contributed by atoms with E-state index < -0.39 is 0 Å². The number of hydrogen-bond acceptors (Lipinski definition) is 7. The van der Waals surface area contributed by atoms with Gasteiger partial charge in [0.15, 0.2) is 0 Å². The van der Waals surface area contributed by atoms with Gasteiger partial charge < -0.3 is 28.4 Å². The van der Waals surface area contributed by atoms with Crippen LogP contribution >= 0.6 is 0 Å². The van der Waals surface area contributed by atoms with E-state index in [1.165, 1.54) is 0 Å². The van der Waals surface area contributed by atoms with Crippen LogP contribution in [-0.4, -0.2) is 66.1 Å². The van der Waals surface area contributed by atoms with Gasteiger partial charge in [-0.05, 0) is 30.5 Å². The van der Waals surface area contributed by atoms with E-state index in [0.717, 1.165) is 44.5 Å². The van der Waals surface area contributed by atoms with Crippen molar-refractivity contribution in [1.82, 2.24) is 0 Å². The van der Waals surface area contributed by atoms with Crippen LogP contribution in [0.3, 0.4) is 0 Å². The van der Waals surface area contributed by atoms with Gasteiger partial charge in [-0.2, -0.15) is 5.26 Å². The summed E-state index contributed by atoms with van der Waals surface area (Å²) < 4.78 is 33.5. The fourth-order valence-corrected chi connectivity index (χ4v) is 2.56. The third-order valence-corrected chi connectivity index (χ3v) is 4.24. The van der Waals surface area contributed by atoms with Gasteiger partial charge in [-0.1, -0.05) is 26.7 Å². The second kappa shape index (κ2) is 20.1. The molecule has 0 atom stereocenters. The van der Waals surface area contributed by atoms with Crippen LogP contribution < -0.4 is 9.47 Å². The zero-order valence-corrected chi connectivity index (χ0v) is 19.2. The van der Waals surface area contributed by atoms with Crippen LogP contribution in [0.4, 0.5) is 0 Å². The fourth-order valence-electron chi connectivity index (χ4n) is 2.56. The summed E-state index contributed by atoms with van der Waals surface area (Å²) in [5.74, 6) is 1.33. The number of rotatable bonds is 21. The van der Waals surface area contributed by atoms with Gasteiger partial charge in [0.2, 0.25) is 0 Å². The first-order valence-electron chi connectivity index (χ1n) is 11.4. The maximum absolute atomic E-state index is 9.01. The second-order valence-corrected chi connectivity index (χ2v) is 7.00. The largest absolute Gasteiger partial charge is 0.491 e. The molecule has 0 unspecified atom stereocenters. The molecule has 176 valence electrons. The van der Waals surface area contributed by atoms with E-state index in [1.807, 2.05) is 18.2 Å². The lowest BCUT2D eigenvalue weighted by molar-refractivity contribution is 0.0347. The smallest absolute Gasteiger partial charge is 0.123 e. The molecule has 1 aromatic carbocycles. The molecular formula is C24H39NO6. The Hall–Kier alpha value is -1.85. The Balaban J connectivity index is 2.25. The molecule has 0 aliphatic carbocycles. The molecule has 0 radical (unpaired) electrons. The molecule has 31 heavy (non-hydrogen) atoms. The predicted molar refractivity (Wildman–Crippen MR) is 120 cm³/mol. The van der Waals surface area contributed by atoms with Crippen molar-refractivity contribution in [3.05, 3.63) is 23.8 Å². The van der Waals surface area contributed by atoms with E-state index in [-0.39, 0.29) is 0 Å². The van der Waals surface area contributed by atoms with Crippen molar-refractivity contribution in [2.75, 3.05) is 66.1 Å². The first kappa shape index (κ1) is 27.2. The summed E-state index contributed by atoms with van der Waals surface area (Å²) in [6, 6.07) is 7.69. The van der Waals surface area contributed by atoms with E-state index in [2.05, 4.69) is 19.9 Å². The van der Waals surface area contributed by atoms with Crippen molar-refractivity contribution in [3.8, 4) is 17.6 Å². The average molecular weight is 438 g/mol. The summed E-state index contributed by atoms with van der Waals surface area (Å²) >= 11 is 0. The molecule has 0 heterocycles. The van der Waals surface area contributed by atoms with Crippen molar-refractivity contribution in [1.29, 1.82) is 5.26 Å². The number of ether oxygens (including phenoxy) is 6.